The van der Waals surface area contributed by atoms with Crippen molar-refractivity contribution in [2.45, 2.75) is 47.0 Å². The molecule has 0 aliphatic carbocycles. The van der Waals surface area contributed by atoms with E-state index in [2.05, 4.69) is 137 Å². The Labute approximate surface area is 206 Å². The van der Waals surface area contributed by atoms with Crippen LogP contribution in [0.5, 0.6) is 0 Å². The quantitative estimate of drug-likeness (QED) is 0.339. The molecule has 1 aliphatic rings. The van der Waals surface area contributed by atoms with Crippen LogP contribution in [0.15, 0.2) is 89.1 Å². The van der Waals surface area contributed by atoms with Gasteiger partial charge in [-0.05, 0) is 42.9 Å². The fourth-order valence-electron chi connectivity index (χ4n) is 5.25. The number of rotatable bonds is 6. The maximum Gasteiger partial charge on any atom is 0.0897 e. The fraction of sp³-hybridized carbons (Fsp3) is 0.333. The molecule has 0 spiro atoms. The van der Waals surface area contributed by atoms with Crippen LogP contribution >= 0.6 is 7.21 Å². The van der Waals surface area contributed by atoms with Crippen LogP contribution in [0.2, 0.25) is 0 Å². The standard InChI is InChI=1S/C30H38N3P/c1-8-33(9-2)34(25-15-11-10-12-16-25,31-27-20-19-23(3)21-24(27)4)22-29-30(5,6)26-17-13-14-18-28(26)32(29)7/h10-22H,8-9H2,1-7H3/b29-22+/t34-/m0/s1. The number of fused-ring (bicyclic) bond motifs is 1. The molecule has 1 atom stereocenters. The van der Waals surface area contributed by atoms with Gasteiger partial charge in [0.15, 0.2) is 0 Å². The van der Waals surface area contributed by atoms with E-state index in [4.69, 9.17) is 4.74 Å². The lowest BCUT2D eigenvalue weighted by Gasteiger charge is -2.36. The van der Waals surface area contributed by atoms with Gasteiger partial charge in [-0.1, -0.05) is 93.9 Å². The summed E-state index contributed by atoms with van der Waals surface area (Å²) in [6.07, 6.45) is 0. The Morgan fingerprint density at radius 2 is 1.56 bits per heavy atom. The molecule has 0 bridgehead atoms. The van der Waals surface area contributed by atoms with E-state index in [-0.39, 0.29) is 5.41 Å². The molecule has 0 fully saturated rings. The number of allylic oxidation sites excluding steroid dienone is 1. The van der Waals surface area contributed by atoms with Crippen LogP contribution in [-0.4, -0.2) is 24.8 Å². The number of benzene rings is 3. The average Bonchev–Trinajstić information content (AvgIpc) is 3.02. The first kappa shape index (κ1) is 24.5. The molecule has 0 aromatic heterocycles. The van der Waals surface area contributed by atoms with Crippen LogP contribution in [0.3, 0.4) is 0 Å². The van der Waals surface area contributed by atoms with E-state index in [9.17, 15) is 0 Å². The van der Waals surface area contributed by atoms with E-state index >= 15 is 0 Å². The second kappa shape index (κ2) is 9.56. The van der Waals surface area contributed by atoms with E-state index < -0.39 is 7.21 Å². The van der Waals surface area contributed by atoms with Gasteiger partial charge in [0.2, 0.25) is 0 Å². The minimum absolute atomic E-state index is 0.101. The summed E-state index contributed by atoms with van der Waals surface area (Å²) in [5.74, 6) is 2.54. The lowest BCUT2D eigenvalue weighted by atomic mass is 9.84. The summed E-state index contributed by atoms with van der Waals surface area (Å²) in [6, 6.07) is 26.4. The average molecular weight is 472 g/mol. The molecule has 1 heterocycles. The van der Waals surface area contributed by atoms with Crippen molar-refractivity contribution in [3.05, 3.63) is 101 Å². The third-order valence-corrected chi connectivity index (χ3v) is 10.8. The van der Waals surface area contributed by atoms with Gasteiger partial charge in [-0.3, -0.25) is 4.67 Å². The van der Waals surface area contributed by atoms with Crippen LogP contribution in [0.25, 0.3) is 0 Å². The minimum Gasteiger partial charge on any atom is -0.347 e. The second-order valence-corrected chi connectivity index (χ2v) is 12.6. The van der Waals surface area contributed by atoms with Gasteiger partial charge >= 0.3 is 0 Å². The zero-order valence-corrected chi connectivity index (χ0v) is 22.6. The van der Waals surface area contributed by atoms with Gasteiger partial charge in [0.05, 0.1) is 12.9 Å². The van der Waals surface area contributed by atoms with Crippen molar-refractivity contribution in [2.24, 2.45) is 4.74 Å². The number of anilines is 1. The number of para-hydroxylation sites is 1. The molecule has 0 saturated carbocycles. The zero-order valence-electron chi connectivity index (χ0n) is 21.7. The van der Waals surface area contributed by atoms with Crippen LogP contribution in [-0.2, 0) is 5.41 Å². The Hall–Kier alpha value is -2.61. The minimum atomic E-state index is -2.26. The topological polar surface area (TPSA) is 18.8 Å². The van der Waals surface area contributed by atoms with Crippen LogP contribution < -0.4 is 10.2 Å². The molecule has 3 aromatic rings. The lowest BCUT2D eigenvalue weighted by Crippen LogP contribution is -2.28. The fourth-order valence-corrected chi connectivity index (χ4v) is 9.06. The van der Waals surface area contributed by atoms with Crippen molar-refractivity contribution in [1.29, 1.82) is 0 Å². The maximum atomic E-state index is 5.70. The first-order valence-corrected chi connectivity index (χ1v) is 14.1. The van der Waals surface area contributed by atoms with Gasteiger partial charge in [0.1, 0.15) is 0 Å². The highest BCUT2D eigenvalue weighted by molar-refractivity contribution is 7.74. The van der Waals surface area contributed by atoms with Crippen molar-refractivity contribution in [2.75, 3.05) is 25.0 Å². The summed E-state index contributed by atoms with van der Waals surface area (Å²) in [5.41, 5.74) is 7.48. The van der Waals surface area contributed by atoms with Gasteiger partial charge in [-0.15, -0.1) is 0 Å². The zero-order chi connectivity index (χ0) is 24.5. The first-order chi connectivity index (χ1) is 16.2. The van der Waals surface area contributed by atoms with Crippen LogP contribution in [0.4, 0.5) is 11.4 Å². The van der Waals surface area contributed by atoms with E-state index in [1.807, 2.05) is 0 Å². The first-order valence-electron chi connectivity index (χ1n) is 12.3. The molecule has 0 unspecified atom stereocenters. The third-order valence-electron chi connectivity index (χ3n) is 7.15. The molecule has 4 heteroatoms. The summed E-state index contributed by atoms with van der Waals surface area (Å²) in [6.45, 7) is 15.4. The van der Waals surface area contributed by atoms with Crippen molar-refractivity contribution < 1.29 is 0 Å². The summed E-state index contributed by atoms with van der Waals surface area (Å²) < 4.78 is 8.29. The van der Waals surface area contributed by atoms with Gasteiger partial charge in [0, 0.05) is 42.2 Å². The third kappa shape index (κ3) is 4.17. The molecule has 34 heavy (non-hydrogen) atoms. The molecule has 0 amide bonds. The monoisotopic (exact) mass is 471 g/mol. The number of likely N-dealkylation sites (N-methyl/N-ethyl adjacent to an activating group) is 1. The normalized spacial score (nSPS) is 17.6. The van der Waals surface area contributed by atoms with E-state index in [0.717, 1.165) is 18.8 Å². The smallest absolute Gasteiger partial charge is 0.0897 e. The van der Waals surface area contributed by atoms with E-state index in [1.54, 1.807) is 0 Å². The molecule has 0 saturated heterocycles. The maximum absolute atomic E-state index is 5.70. The number of hydrogen-bond donors (Lipinski definition) is 0. The molecule has 0 radical (unpaired) electrons. The second-order valence-electron chi connectivity index (χ2n) is 9.73. The number of aryl methyl sites for hydroxylation is 2. The molecule has 1 aliphatic heterocycles. The summed E-state index contributed by atoms with van der Waals surface area (Å²) in [4.78, 5) is 2.38. The van der Waals surface area contributed by atoms with Crippen molar-refractivity contribution >= 4 is 23.9 Å². The molecule has 0 N–H and O–H groups in total. The Kier molecular flexibility index (Phi) is 6.90. The highest BCUT2D eigenvalue weighted by atomic mass is 31.2. The van der Waals surface area contributed by atoms with Crippen LogP contribution in [0, 0.1) is 13.8 Å². The molecular weight excluding hydrogens is 433 g/mol. The Morgan fingerprint density at radius 1 is 0.912 bits per heavy atom. The van der Waals surface area contributed by atoms with E-state index in [0.29, 0.717) is 0 Å². The van der Waals surface area contributed by atoms with Crippen molar-refractivity contribution in [1.82, 2.24) is 4.67 Å². The highest BCUT2D eigenvalue weighted by Crippen LogP contribution is 2.60. The van der Waals surface area contributed by atoms with Gasteiger partial charge < -0.3 is 4.90 Å². The van der Waals surface area contributed by atoms with Crippen molar-refractivity contribution in [3.63, 3.8) is 0 Å². The SMILES string of the molecule is CCN(CC)[P@](/C=C1/N(C)c2ccccc2C1(C)C)(=Nc1ccc(C)cc1C)c1ccccc1. The van der Waals surface area contributed by atoms with Crippen molar-refractivity contribution in [3.8, 4) is 0 Å². The summed E-state index contributed by atoms with van der Waals surface area (Å²) in [5, 5.41) is 1.30. The molecule has 178 valence electrons. The summed E-state index contributed by atoms with van der Waals surface area (Å²) in [7, 11) is -0.0561. The molecule has 4 rings (SSSR count). The Morgan fingerprint density at radius 3 is 2.18 bits per heavy atom. The molecule has 3 aromatic carbocycles. The summed E-state index contributed by atoms with van der Waals surface area (Å²) >= 11 is 0. The predicted molar refractivity (Wildman–Crippen MR) is 150 cm³/mol. The lowest BCUT2D eigenvalue weighted by molar-refractivity contribution is 0.508. The Bertz CT molecular complexity index is 1250. The largest absolute Gasteiger partial charge is 0.347 e. The van der Waals surface area contributed by atoms with Gasteiger partial charge in [-0.2, -0.15) is 0 Å². The Balaban J connectivity index is 2.09. The van der Waals surface area contributed by atoms with Crippen LogP contribution in [0.1, 0.15) is 44.4 Å². The molecular formula is C30H38N3P. The van der Waals surface area contributed by atoms with Gasteiger partial charge in [-0.25, -0.2) is 4.74 Å². The number of hydrogen-bond acceptors (Lipinski definition) is 2. The van der Waals surface area contributed by atoms with E-state index in [1.165, 1.54) is 33.4 Å². The predicted octanol–water partition coefficient (Wildman–Crippen LogP) is 7.99. The van der Waals surface area contributed by atoms with Gasteiger partial charge in [0.25, 0.3) is 0 Å². The highest BCUT2D eigenvalue weighted by Gasteiger charge is 2.40. The molecule has 3 nitrogen and oxygen atoms in total. The number of nitrogens with zero attached hydrogens (tertiary/aromatic N) is 3.